The number of rotatable bonds is 8. The zero-order chi connectivity index (χ0) is 32.3. The minimum atomic E-state index is -4.73. The molecule has 13 heteroatoms. The van der Waals surface area contributed by atoms with Gasteiger partial charge in [-0.2, -0.15) is 13.2 Å². The molecule has 0 radical (unpaired) electrons. The summed E-state index contributed by atoms with van der Waals surface area (Å²) in [5.41, 5.74) is 0.479. The first-order valence-electron chi connectivity index (χ1n) is 15.0. The number of nitrogens with zero attached hydrogens (tertiary/aromatic N) is 5. The van der Waals surface area contributed by atoms with Crippen LogP contribution in [0.4, 0.5) is 18.9 Å². The molecule has 0 saturated carbocycles. The molecule has 9 nitrogen and oxygen atoms in total. The molecule has 2 saturated heterocycles. The Balaban J connectivity index is 1.47. The van der Waals surface area contributed by atoms with Gasteiger partial charge >= 0.3 is 6.18 Å². The molecule has 2 amide bonds. The van der Waals surface area contributed by atoms with Crippen LogP contribution in [0.15, 0.2) is 48.7 Å². The van der Waals surface area contributed by atoms with E-state index in [-0.39, 0.29) is 41.8 Å². The van der Waals surface area contributed by atoms with Crippen molar-refractivity contribution in [3.05, 3.63) is 70.5 Å². The van der Waals surface area contributed by atoms with Crippen LogP contribution < -0.4 is 15.0 Å². The Hall–Kier alpha value is -3.90. The third kappa shape index (κ3) is 7.17. The van der Waals surface area contributed by atoms with Gasteiger partial charge < -0.3 is 24.8 Å². The number of hydrogen-bond acceptors (Lipinski definition) is 7. The number of halogens is 4. The number of alkyl halides is 3. The average molecular weight is 645 g/mol. The number of nitrogens with one attached hydrogen (secondary N) is 1. The van der Waals surface area contributed by atoms with Crippen LogP contribution in [0.2, 0.25) is 5.02 Å². The summed E-state index contributed by atoms with van der Waals surface area (Å²) in [4.78, 5) is 42.0. The normalized spacial score (nSPS) is 19.1. The van der Waals surface area contributed by atoms with Gasteiger partial charge in [-0.3, -0.25) is 9.59 Å². The van der Waals surface area contributed by atoms with Crippen molar-refractivity contribution in [2.24, 2.45) is 0 Å². The van der Waals surface area contributed by atoms with Gasteiger partial charge in [0.1, 0.15) is 0 Å². The molecular formula is C32H36ClF3N6O3. The van der Waals surface area contributed by atoms with E-state index < -0.39 is 23.2 Å². The van der Waals surface area contributed by atoms with Gasteiger partial charge in [0.25, 0.3) is 11.8 Å². The van der Waals surface area contributed by atoms with Crippen molar-refractivity contribution in [1.82, 2.24) is 25.1 Å². The van der Waals surface area contributed by atoms with Crippen LogP contribution in [0.3, 0.4) is 0 Å². The lowest BCUT2D eigenvalue weighted by Crippen LogP contribution is -2.55. The highest BCUT2D eigenvalue weighted by Gasteiger charge is 2.38. The fourth-order valence-corrected chi connectivity index (χ4v) is 6.13. The maximum atomic E-state index is 13.8. The van der Waals surface area contributed by atoms with E-state index in [4.69, 9.17) is 21.3 Å². The molecule has 2 atom stereocenters. The monoisotopic (exact) mass is 644 g/mol. The third-order valence-corrected chi connectivity index (χ3v) is 8.45. The third-order valence-electron chi connectivity index (χ3n) is 8.21. The van der Waals surface area contributed by atoms with Gasteiger partial charge in [0, 0.05) is 49.5 Å². The summed E-state index contributed by atoms with van der Waals surface area (Å²) in [5.74, 6) is -0.629. The van der Waals surface area contributed by atoms with Crippen molar-refractivity contribution >= 4 is 29.1 Å². The molecular weight excluding hydrogens is 609 g/mol. The van der Waals surface area contributed by atoms with Gasteiger partial charge in [0.2, 0.25) is 5.88 Å². The average Bonchev–Trinajstić information content (AvgIpc) is 3.44. The Morgan fingerprint density at radius 2 is 1.89 bits per heavy atom. The molecule has 2 aromatic heterocycles. The van der Waals surface area contributed by atoms with Crippen molar-refractivity contribution in [3.63, 3.8) is 0 Å². The van der Waals surface area contributed by atoms with Crippen LogP contribution in [0.1, 0.15) is 53.1 Å². The lowest BCUT2D eigenvalue weighted by atomic mass is 10.0. The lowest BCUT2D eigenvalue weighted by molar-refractivity contribution is -0.138. The molecule has 2 fully saturated rings. The number of carbonyl (C=O) groups is 2. The number of likely N-dealkylation sites (tertiary alicyclic amines) is 1. The van der Waals surface area contributed by atoms with Crippen molar-refractivity contribution in [1.29, 1.82) is 0 Å². The summed E-state index contributed by atoms with van der Waals surface area (Å²) >= 11 is 5.84. The number of amides is 2. The van der Waals surface area contributed by atoms with Gasteiger partial charge in [-0.05, 0) is 75.8 Å². The maximum absolute atomic E-state index is 13.8. The molecule has 0 bridgehead atoms. The summed E-state index contributed by atoms with van der Waals surface area (Å²) in [7, 11) is 2.00. The van der Waals surface area contributed by atoms with Gasteiger partial charge in [-0.1, -0.05) is 18.5 Å². The smallest absolute Gasteiger partial charge is 0.417 e. The standard InChI is InChI=1S/C32H36ClF3N6O3/c1-4-22-19-41(31(44)23-9-8-20(33)17-25(23)32(34,35)36)15-16-42(22)27-11-10-26(24-7-6-13-37-30(24)45-5-2)39-28(27)29(43)38-21-12-14-40(3)18-21/h6-11,13,17,21-22H,4-5,12,14-16,18-19H2,1-3H3,(H,38,43)/t21?,22-/m1/s1. The Bertz CT molecular complexity index is 1550. The molecule has 45 heavy (non-hydrogen) atoms. The van der Waals surface area contributed by atoms with Crippen LogP contribution in [0, 0.1) is 0 Å². The second-order valence-corrected chi connectivity index (χ2v) is 11.7. The number of anilines is 1. The fourth-order valence-electron chi connectivity index (χ4n) is 5.96. The zero-order valence-electron chi connectivity index (χ0n) is 25.4. The van der Waals surface area contributed by atoms with Crippen LogP contribution in [0.25, 0.3) is 11.3 Å². The van der Waals surface area contributed by atoms with E-state index in [0.29, 0.717) is 42.4 Å². The summed E-state index contributed by atoms with van der Waals surface area (Å²) in [6.45, 7) is 6.42. The van der Waals surface area contributed by atoms with Crippen LogP contribution >= 0.6 is 11.6 Å². The number of hydrogen-bond donors (Lipinski definition) is 1. The molecule has 1 unspecified atom stereocenters. The van der Waals surface area contributed by atoms with Crippen LogP contribution in [0.5, 0.6) is 5.88 Å². The molecule has 240 valence electrons. The number of carbonyl (C=O) groups excluding carboxylic acids is 2. The topological polar surface area (TPSA) is 90.9 Å². The zero-order valence-corrected chi connectivity index (χ0v) is 26.2. The van der Waals surface area contributed by atoms with E-state index in [1.54, 1.807) is 12.3 Å². The first-order valence-corrected chi connectivity index (χ1v) is 15.4. The van der Waals surface area contributed by atoms with E-state index in [1.807, 2.05) is 44.0 Å². The first kappa shape index (κ1) is 32.5. The maximum Gasteiger partial charge on any atom is 0.417 e. The molecule has 1 N–H and O–H groups in total. The van der Waals surface area contributed by atoms with Gasteiger partial charge in [0.05, 0.1) is 34.7 Å². The molecule has 2 aliphatic rings. The number of piperazine rings is 1. The van der Waals surface area contributed by atoms with Crippen molar-refractivity contribution in [3.8, 4) is 17.1 Å². The minimum Gasteiger partial charge on any atom is -0.477 e. The molecule has 1 aromatic carbocycles. The van der Waals surface area contributed by atoms with Gasteiger partial charge in [-0.25, -0.2) is 9.97 Å². The summed E-state index contributed by atoms with van der Waals surface area (Å²) in [6.07, 6.45) is -1.72. The highest BCUT2D eigenvalue weighted by atomic mass is 35.5. The predicted octanol–water partition coefficient (Wildman–Crippen LogP) is 5.39. The lowest BCUT2D eigenvalue weighted by Gasteiger charge is -2.43. The predicted molar refractivity (Wildman–Crippen MR) is 166 cm³/mol. The molecule has 5 rings (SSSR count). The largest absolute Gasteiger partial charge is 0.477 e. The van der Waals surface area contributed by atoms with Crippen molar-refractivity contribution < 1.29 is 27.5 Å². The minimum absolute atomic E-state index is 0.0307. The SMILES string of the molecule is CCOc1ncccc1-c1ccc(N2CCN(C(=O)c3ccc(Cl)cc3C(F)(F)F)C[C@H]2CC)c(C(=O)NC2CCN(C)C2)n1. The second-order valence-electron chi connectivity index (χ2n) is 11.3. The summed E-state index contributed by atoms with van der Waals surface area (Å²) in [5, 5.41) is 3.03. The number of benzene rings is 1. The number of aromatic nitrogens is 2. The quantitative estimate of drug-likeness (QED) is 0.352. The number of likely N-dealkylation sites (N-methyl/N-ethyl adjacent to an activating group) is 1. The summed E-state index contributed by atoms with van der Waals surface area (Å²) in [6, 6.07) is 10.1. The Labute approximate surface area is 265 Å². The van der Waals surface area contributed by atoms with E-state index in [9.17, 15) is 22.8 Å². The number of pyridine rings is 2. The van der Waals surface area contributed by atoms with E-state index in [2.05, 4.69) is 15.2 Å². The van der Waals surface area contributed by atoms with E-state index in [1.165, 1.54) is 11.0 Å². The van der Waals surface area contributed by atoms with Crippen LogP contribution in [-0.4, -0.2) is 90.0 Å². The molecule has 4 heterocycles. The Morgan fingerprint density at radius 1 is 1.09 bits per heavy atom. The van der Waals surface area contributed by atoms with Crippen molar-refractivity contribution in [2.75, 3.05) is 51.3 Å². The van der Waals surface area contributed by atoms with Crippen LogP contribution in [-0.2, 0) is 6.18 Å². The second kappa shape index (κ2) is 13.6. The van der Waals surface area contributed by atoms with Gasteiger partial charge in [0.15, 0.2) is 5.69 Å². The highest BCUT2D eigenvalue weighted by Crippen LogP contribution is 2.36. The molecule has 3 aromatic rings. The first-order chi connectivity index (χ1) is 21.5. The Kier molecular flexibility index (Phi) is 9.83. The van der Waals surface area contributed by atoms with E-state index >= 15 is 0 Å². The fraction of sp³-hybridized carbons (Fsp3) is 0.438. The van der Waals surface area contributed by atoms with E-state index in [0.717, 1.165) is 31.6 Å². The molecule has 2 aliphatic heterocycles. The summed E-state index contributed by atoms with van der Waals surface area (Å²) < 4.78 is 47.1. The molecule has 0 spiro atoms. The van der Waals surface area contributed by atoms with Crippen molar-refractivity contribution in [2.45, 2.75) is 44.9 Å². The number of ether oxygens (including phenoxy) is 1. The molecule has 0 aliphatic carbocycles. The highest BCUT2D eigenvalue weighted by molar-refractivity contribution is 6.30. The Morgan fingerprint density at radius 3 is 2.58 bits per heavy atom. The van der Waals surface area contributed by atoms with Gasteiger partial charge in [-0.15, -0.1) is 0 Å².